The molecule has 2 N–H and O–H groups in total. The minimum atomic E-state index is -0.0131. The van der Waals surface area contributed by atoms with Crippen molar-refractivity contribution in [1.82, 2.24) is 15.5 Å². The molecule has 2 heterocycles. The highest BCUT2D eigenvalue weighted by Crippen LogP contribution is 2.38. The lowest BCUT2D eigenvalue weighted by Gasteiger charge is -2.25. The fraction of sp³-hybridized carbons (Fsp3) is 0.619. The number of rotatable bonds is 5. The largest absolute Gasteiger partial charge is 0.381 e. The lowest BCUT2D eigenvalue weighted by molar-refractivity contribution is 0.0939. The van der Waals surface area contributed by atoms with E-state index >= 15 is 0 Å². The van der Waals surface area contributed by atoms with E-state index in [0.717, 1.165) is 50.7 Å². The molecular weight excluding hydrogens is 340 g/mol. The zero-order chi connectivity index (χ0) is 19.3. The molecule has 2 aliphatic rings. The molecule has 0 aromatic heterocycles. The van der Waals surface area contributed by atoms with Crippen LogP contribution < -0.4 is 10.6 Å². The van der Waals surface area contributed by atoms with Crippen molar-refractivity contribution in [2.24, 2.45) is 10.4 Å². The van der Waals surface area contributed by atoms with Crippen molar-refractivity contribution in [3.63, 3.8) is 0 Å². The average Bonchev–Trinajstić information content (AvgIpc) is 3.32. The summed E-state index contributed by atoms with van der Waals surface area (Å²) in [6.07, 6.45) is 3.26. The second-order valence-electron chi connectivity index (χ2n) is 7.85. The number of hydrogen-bond donors (Lipinski definition) is 2. The summed E-state index contributed by atoms with van der Waals surface area (Å²) in [6, 6.07) is 7.97. The summed E-state index contributed by atoms with van der Waals surface area (Å²) in [5.41, 5.74) is 2.16. The predicted molar refractivity (Wildman–Crippen MR) is 108 cm³/mol. The number of aliphatic imine (C=N–C) groups is 1. The Labute approximate surface area is 162 Å². The maximum atomic E-state index is 12.2. The van der Waals surface area contributed by atoms with E-state index in [0.29, 0.717) is 17.5 Å². The molecule has 0 bridgehead atoms. The molecule has 3 rings (SSSR count). The molecular formula is C21H32N4O2. The van der Waals surface area contributed by atoms with Gasteiger partial charge in [-0.05, 0) is 43.9 Å². The molecule has 1 amide bonds. The van der Waals surface area contributed by atoms with Crippen LogP contribution in [0.3, 0.4) is 0 Å². The molecule has 2 saturated heterocycles. The predicted octanol–water partition coefficient (Wildman–Crippen LogP) is 2.40. The van der Waals surface area contributed by atoms with Gasteiger partial charge in [0.2, 0.25) is 0 Å². The first kappa shape index (κ1) is 19.7. The van der Waals surface area contributed by atoms with Gasteiger partial charge in [-0.15, -0.1) is 0 Å². The number of nitrogens with one attached hydrogen (secondary N) is 2. The van der Waals surface area contributed by atoms with Crippen molar-refractivity contribution in [3.8, 4) is 0 Å². The molecule has 2 unspecified atom stereocenters. The molecule has 6 heteroatoms. The number of nitrogens with zero attached hydrogens (tertiary/aromatic N) is 2. The van der Waals surface area contributed by atoms with E-state index in [1.165, 1.54) is 6.42 Å². The third-order valence-corrected chi connectivity index (χ3v) is 5.79. The quantitative estimate of drug-likeness (QED) is 0.615. The average molecular weight is 373 g/mol. The number of amides is 1. The maximum absolute atomic E-state index is 12.2. The number of carbonyl (C=O) groups excluding carboxylic acids is 1. The summed E-state index contributed by atoms with van der Waals surface area (Å²) in [7, 11) is 1.83. The molecule has 1 aromatic carbocycles. The Balaban J connectivity index is 1.52. The SMILES string of the molecule is CCC(C)NC(=O)c1ccc(CNC(=NC)N2CCC3(CCOC3)C2)cc1. The molecule has 0 saturated carbocycles. The van der Waals surface area contributed by atoms with E-state index in [2.05, 4.69) is 27.4 Å². The van der Waals surface area contributed by atoms with Crippen LogP contribution in [0.5, 0.6) is 0 Å². The van der Waals surface area contributed by atoms with Gasteiger partial charge in [0.05, 0.1) is 6.61 Å². The third-order valence-electron chi connectivity index (χ3n) is 5.79. The highest BCUT2D eigenvalue weighted by atomic mass is 16.5. The summed E-state index contributed by atoms with van der Waals surface area (Å²) in [6.45, 7) is 8.58. The number of hydrogen-bond acceptors (Lipinski definition) is 3. The molecule has 148 valence electrons. The van der Waals surface area contributed by atoms with E-state index < -0.39 is 0 Å². The van der Waals surface area contributed by atoms with Crippen molar-refractivity contribution >= 4 is 11.9 Å². The highest BCUT2D eigenvalue weighted by molar-refractivity contribution is 5.94. The summed E-state index contributed by atoms with van der Waals surface area (Å²) in [5, 5.41) is 6.45. The molecule has 2 atom stereocenters. The minimum Gasteiger partial charge on any atom is -0.381 e. The van der Waals surface area contributed by atoms with E-state index in [1.807, 2.05) is 38.2 Å². The van der Waals surface area contributed by atoms with E-state index in [-0.39, 0.29) is 11.9 Å². The van der Waals surface area contributed by atoms with Gasteiger partial charge in [0.1, 0.15) is 0 Å². The number of likely N-dealkylation sites (tertiary alicyclic amines) is 1. The van der Waals surface area contributed by atoms with Crippen LogP contribution in [0.4, 0.5) is 0 Å². The lowest BCUT2D eigenvalue weighted by Crippen LogP contribution is -2.41. The molecule has 1 aromatic rings. The van der Waals surface area contributed by atoms with Crippen LogP contribution in [-0.4, -0.2) is 56.2 Å². The monoisotopic (exact) mass is 372 g/mol. The van der Waals surface area contributed by atoms with Crippen molar-refractivity contribution in [2.75, 3.05) is 33.4 Å². The Morgan fingerprint density at radius 1 is 1.33 bits per heavy atom. The smallest absolute Gasteiger partial charge is 0.251 e. The van der Waals surface area contributed by atoms with Crippen LogP contribution in [0, 0.1) is 5.41 Å². The van der Waals surface area contributed by atoms with Crippen LogP contribution >= 0.6 is 0 Å². The Kier molecular flexibility index (Phi) is 6.37. The first-order valence-corrected chi connectivity index (χ1v) is 9.98. The van der Waals surface area contributed by atoms with Gasteiger partial charge in [-0.3, -0.25) is 9.79 Å². The molecule has 1 spiro atoms. The Morgan fingerprint density at radius 2 is 2.11 bits per heavy atom. The zero-order valence-corrected chi connectivity index (χ0v) is 16.8. The third kappa shape index (κ3) is 4.80. The van der Waals surface area contributed by atoms with Gasteiger partial charge in [0.15, 0.2) is 5.96 Å². The molecule has 2 fully saturated rings. The van der Waals surface area contributed by atoms with E-state index in [9.17, 15) is 4.79 Å². The fourth-order valence-corrected chi connectivity index (χ4v) is 3.78. The fourth-order valence-electron chi connectivity index (χ4n) is 3.78. The number of benzene rings is 1. The summed E-state index contributed by atoms with van der Waals surface area (Å²) >= 11 is 0. The van der Waals surface area contributed by atoms with Gasteiger partial charge in [-0.1, -0.05) is 19.1 Å². The first-order chi connectivity index (χ1) is 13.0. The van der Waals surface area contributed by atoms with Crippen LogP contribution in [0.1, 0.15) is 49.0 Å². The lowest BCUT2D eigenvalue weighted by atomic mass is 9.87. The van der Waals surface area contributed by atoms with Crippen LogP contribution in [0.15, 0.2) is 29.3 Å². The van der Waals surface area contributed by atoms with Crippen molar-refractivity contribution < 1.29 is 9.53 Å². The minimum absolute atomic E-state index is 0.0131. The highest BCUT2D eigenvalue weighted by Gasteiger charge is 2.42. The second-order valence-corrected chi connectivity index (χ2v) is 7.85. The van der Waals surface area contributed by atoms with Gasteiger partial charge in [-0.25, -0.2) is 0 Å². The van der Waals surface area contributed by atoms with Crippen LogP contribution in [-0.2, 0) is 11.3 Å². The van der Waals surface area contributed by atoms with Gasteiger partial charge in [-0.2, -0.15) is 0 Å². The van der Waals surface area contributed by atoms with Crippen molar-refractivity contribution in [3.05, 3.63) is 35.4 Å². The van der Waals surface area contributed by atoms with Gasteiger partial charge in [0.25, 0.3) is 5.91 Å². The second kappa shape index (κ2) is 8.74. The normalized spacial score (nSPS) is 23.7. The number of ether oxygens (including phenoxy) is 1. The van der Waals surface area contributed by atoms with E-state index in [4.69, 9.17) is 4.74 Å². The van der Waals surface area contributed by atoms with Crippen molar-refractivity contribution in [2.45, 2.75) is 45.7 Å². The molecule has 27 heavy (non-hydrogen) atoms. The van der Waals surface area contributed by atoms with Crippen LogP contribution in [0.2, 0.25) is 0 Å². The number of guanidine groups is 1. The standard InChI is InChI=1S/C21H32N4O2/c1-4-16(2)24-19(26)18-7-5-17(6-8-18)13-23-20(22-3)25-11-9-21(14-25)10-12-27-15-21/h5-8,16H,4,9-15H2,1-3H3,(H,22,23)(H,24,26). The van der Waals surface area contributed by atoms with Crippen LogP contribution in [0.25, 0.3) is 0 Å². The first-order valence-electron chi connectivity index (χ1n) is 9.98. The summed E-state index contributed by atoms with van der Waals surface area (Å²) in [4.78, 5) is 19.0. The molecule has 6 nitrogen and oxygen atoms in total. The maximum Gasteiger partial charge on any atom is 0.251 e. The summed E-state index contributed by atoms with van der Waals surface area (Å²) < 4.78 is 5.62. The van der Waals surface area contributed by atoms with Crippen molar-refractivity contribution in [1.29, 1.82) is 0 Å². The van der Waals surface area contributed by atoms with E-state index in [1.54, 1.807) is 0 Å². The molecule has 2 aliphatic heterocycles. The Bertz CT molecular complexity index is 665. The van der Waals surface area contributed by atoms with Gasteiger partial charge in [0, 0.05) is 50.3 Å². The van der Waals surface area contributed by atoms with Gasteiger partial charge >= 0.3 is 0 Å². The Morgan fingerprint density at radius 3 is 2.74 bits per heavy atom. The number of carbonyl (C=O) groups is 1. The zero-order valence-electron chi connectivity index (χ0n) is 16.8. The summed E-state index contributed by atoms with van der Waals surface area (Å²) in [5.74, 6) is 0.929. The molecule has 0 aliphatic carbocycles. The Hall–Kier alpha value is -2.08. The molecule has 0 radical (unpaired) electrons. The topological polar surface area (TPSA) is 66.0 Å². The van der Waals surface area contributed by atoms with Gasteiger partial charge < -0.3 is 20.3 Å².